The fourth-order valence-corrected chi connectivity index (χ4v) is 4.65. The summed E-state index contributed by atoms with van der Waals surface area (Å²) in [5, 5.41) is 2.46. The molecule has 0 unspecified atom stereocenters. The maximum absolute atomic E-state index is 14.1. The quantitative estimate of drug-likeness (QED) is 0.698. The van der Waals surface area contributed by atoms with Crippen molar-refractivity contribution in [3.8, 4) is 0 Å². The normalized spacial score (nSPS) is 21.7. The number of fused-ring (bicyclic) bond motifs is 3. The molecule has 2 aliphatic heterocycles. The van der Waals surface area contributed by atoms with Gasteiger partial charge in [-0.25, -0.2) is 13.6 Å². The molecule has 5 rings (SSSR count). The van der Waals surface area contributed by atoms with Crippen molar-refractivity contribution in [3.05, 3.63) is 65.0 Å². The summed E-state index contributed by atoms with van der Waals surface area (Å²) in [6.07, 6.45) is -0.876. The van der Waals surface area contributed by atoms with Gasteiger partial charge in [-0.3, -0.25) is 9.78 Å². The maximum atomic E-state index is 14.1. The zero-order valence-corrected chi connectivity index (χ0v) is 17.0. The molecule has 2 atom stereocenters. The average Bonchev–Trinajstić information content (AvgIpc) is 3.38. The minimum Gasteiger partial charge on any atom is -0.334 e. The number of nitrogens with zero attached hydrogens (tertiary/aromatic N) is 3. The number of rotatable bonds is 3. The number of hydrogen-bond donors (Lipinski definition) is 1. The van der Waals surface area contributed by atoms with Crippen molar-refractivity contribution in [1.29, 1.82) is 0 Å². The number of carbonyl (C=O) groups is 2. The van der Waals surface area contributed by atoms with E-state index in [4.69, 9.17) is 0 Å². The molecule has 172 valence electrons. The molecule has 1 aromatic heterocycles. The van der Waals surface area contributed by atoms with Crippen LogP contribution in [0.15, 0.2) is 36.5 Å². The zero-order valence-electron chi connectivity index (χ0n) is 17.0. The lowest BCUT2D eigenvalue weighted by atomic mass is 9.96. The van der Waals surface area contributed by atoms with E-state index in [9.17, 15) is 31.5 Å². The summed E-state index contributed by atoms with van der Waals surface area (Å²) in [6, 6.07) is 3.66. The summed E-state index contributed by atoms with van der Waals surface area (Å²) in [5.74, 6) is -2.51. The van der Waals surface area contributed by atoms with Crippen molar-refractivity contribution in [1.82, 2.24) is 14.8 Å². The minimum atomic E-state index is -4.51. The van der Waals surface area contributed by atoms with Gasteiger partial charge in [0.25, 0.3) is 0 Å². The van der Waals surface area contributed by atoms with Crippen LogP contribution in [0.2, 0.25) is 0 Å². The van der Waals surface area contributed by atoms with Crippen LogP contribution in [-0.2, 0) is 17.5 Å². The topological polar surface area (TPSA) is 65.5 Å². The van der Waals surface area contributed by atoms with Crippen LogP contribution < -0.4 is 5.32 Å². The van der Waals surface area contributed by atoms with Gasteiger partial charge >= 0.3 is 12.2 Å². The Bertz CT molecular complexity index is 1180. The Kier molecular flexibility index (Phi) is 4.87. The Balaban J connectivity index is 1.28. The molecule has 1 aliphatic carbocycles. The molecule has 1 N–H and O–H groups in total. The molecule has 0 spiro atoms. The number of aromatic nitrogens is 1. The summed E-state index contributed by atoms with van der Waals surface area (Å²) in [5.41, 5.74) is 0.590. The summed E-state index contributed by atoms with van der Waals surface area (Å²) in [7, 11) is 0. The lowest BCUT2D eigenvalue weighted by Gasteiger charge is -2.32. The van der Waals surface area contributed by atoms with Crippen LogP contribution in [-0.4, -0.2) is 45.9 Å². The van der Waals surface area contributed by atoms with Crippen molar-refractivity contribution < 1.29 is 31.5 Å². The first-order chi connectivity index (χ1) is 15.6. The third kappa shape index (κ3) is 3.70. The summed E-state index contributed by atoms with van der Waals surface area (Å²) in [4.78, 5) is 31.4. The predicted octanol–water partition coefficient (Wildman–Crippen LogP) is 4.04. The molecule has 1 fully saturated rings. The molecule has 3 aliphatic rings. The number of anilines is 1. The highest BCUT2D eigenvalue weighted by Crippen LogP contribution is 2.42. The number of hydrogen-bond acceptors (Lipinski definition) is 3. The van der Waals surface area contributed by atoms with Gasteiger partial charge in [0.1, 0.15) is 12.2 Å². The molecule has 0 radical (unpaired) electrons. The number of carbonyl (C=O) groups excluding carboxylic acids is 2. The largest absolute Gasteiger partial charge is 0.433 e. The number of halogens is 5. The lowest BCUT2D eigenvalue weighted by Crippen LogP contribution is -2.47. The highest BCUT2D eigenvalue weighted by molar-refractivity contribution is 5.95. The molecule has 1 aromatic carbocycles. The number of urea groups is 1. The van der Waals surface area contributed by atoms with Crippen LogP contribution in [0.5, 0.6) is 0 Å². The van der Waals surface area contributed by atoms with Crippen molar-refractivity contribution in [2.75, 3.05) is 18.4 Å². The van der Waals surface area contributed by atoms with Gasteiger partial charge in [-0.2, -0.15) is 13.2 Å². The van der Waals surface area contributed by atoms with Gasteiger partial charge in [0.15, 0.2) is 11.6 Å². The van der Waals surface area contributed by atoms with Gasteiger partial charge in [-0.1, -0.05) is 12.1 Å². The number of alkyl halides is 3. The van der Waals surface area contributed by atoms with Gasteiger partial charge in [0, 0.05) is 24.2 Å². The second-order valence-electron chi connectivity index (χ2n) is 8.27. The standard InChI is InChI=1S/C22H17F5N4O2/c23-16-2-3-17-15(20(16)24)9-30(21(33)29-17)10-19(32)31-8-12-5-13(31)6-14(12)11-1-4-18(28-7-11)22(25,26)27/h1-4,6-7,12-13H,5,8-10H2,(H,29,33)/t12-,13-/m1/s1. The van der Waals surface area contributed by atoms with Crippen LogP contribution in [0.4, 0.5) is 32.4 Å². The fraction of sp³-hybridized carbons (Fsp3) is 0.318. The van der Waals surface area contributed by atoms with E-state index in [1.165, 1.54) is 18.3 Å². The lowest BCUT2D eigenvalue weighted by molar-refractivity contribution is -0.141. The maximum Gasteiger partial charge on any atom is 0.433 e. The van der Waals surface area contributed by atoms with Crippen molar-refractivity contribution in [3.63, 3.8) is 0 Å². The molecule has 11 heteroatoms. The summed E-state index contributed by atoms with van der Waals surface area (Å²) >= 11 is 0. The smallest absolute Gasteiger partial charge is 0.334 e. The molecule has 6 nitrogen and oxygen atoms in total. The first-order valence-corrected chi connectivity index (χ1v) is 10.2. The zero-order chi connectivity index (χ0) is 23.5. The van der Waals surface area contributed by atoms with E-state index in [2.05, 4.69) is 10.3 Å². The number of nitrogens with one attached hydrogen (secondary N) is 1. The third-order valence-corrected chi connectivity index (χ3v) is 6.26. The van der Waals surface area contributed by atoms with Gasteiger partial charge in [0.2, 0.25) is 5.91 Å². The van der Waals surface area contributed by atoms with Gasteiger partial charge in [-0.15, -0.1) is 0 Å². The number of benzene rings is 1. The van der Waals surface area contributed by atoms with Crippen LogP contribution in [0, 0.1) is 17.6 Å². The Morgan fingerprint density at radius 3 is 2.61 bits per heavy atom. The number of likely N-dealkylation sites (tertiary alicyclic amines) is 1. The molecule has 33 heavy (non-hydrogen) atoms. The molecule has 2 aromatic rings. The van der Waals surface area contributed by atoms with E-state index in [0.29, 0.717) is 18.5 Å². The van der Waals surface area contributed by atoms with Gasteiger partial charge < -0.3 is 15.1 Å². The molecular weight excluding hydrogens is 447 g/mol. The van der Waals surface area contributed by atoms with E-state index >= 15 is 0 Å². The second-order valence-corrected chi connectivity index (χ2v) is 8.27. The number of amides is 3. The van der Waals surface area contributed by atoms with E-state index in [0.717, 1.165) is 22.6 Å². The predicted molar refractivity (Wildman–Crippen MR) is 107 cm³/mol. The van der Waals surface area contributed by atoms with Crippen LogP contribution in [0.3, 0.4) is 0 Å². The van der Waals surface area contributed by atoms with Crippen LogP contribution >= 0.6 is 0 Å². The Morgan fingerprint density at radius 2 is 1.97 bits per heavy atom. The van der Waals surface area contributed by atoms with Crippen molar-refractivity contribution in [2.45, 2.75) is 25.2 Å². The van der Waals surface area contributed by atoms with Crippen molar-refractivity contribution in [2.24, 2.45) is 5.92 Å². The van der Waals surface area contributed by atoms with Gasteiger partial charge in [-0.05, 0) is 35.8 Å². The van der Waals surface area contributed by atoms with E-state index < -0.39 is 29.5 Å². The third-order valence-electron chi connectivity index (χ3n) is 6.26. The monoisotopic (exact) mass is 464 g/mol. The van der Waals surface area contributed by atoms with Gasteiger partial charge in [0.05, 0.1) is 18.3 Å². The highest BCUT2D eigenvalue weighted by atomic mass is 19.4. The minimum absolute atomic E-state index is 0.0256. The molecule has 0 saturated carbocycles. The van der Waals surface area contributed by atoms with Crippen LogP contribution in [0.1, 0.15) is 23.2 Å². The Labute approximate surface area is 184 Å². The summed E-state index contributed by atoms with van der Waals surface area (Å²) in [6.45, 7) is -0.197. The number of pyridine rings is 1. The highest BCUT2D eigenvalue weighted by Gasteiger charge is 2.42. The molecule has 2 bridgehead atoms. The van der Waals surface area contributed by atoms with E-state index in [1.807, 2.05) is 6.08 Å². The second kappa shape index (κ2) is 7.53. The molecular formula is C22H17F5N4O2. The average molecular weight is 464 g/mol. The SMILES string of the molecule is O=C1Nc2ccc(F)c(F)c2CN1CC(=O)N1C[C@H]2C[C@@H]1C=C2c1ccc(C(F)(F)F)nc1. The first kappa shape index (κ1) is 21.4. The fourth-order valence-electron chi connectivity index (χ4n) is 4.65. The molecule has 3 amide bonds. The van der Waals surface area contributed by atoms with Crippen molar-refractivity contribution >= 4 is 23.2 Å². The molecule has 3 heterocycles. The van der Waals surface area contributed by atoms with Crippen LogP contribution in [0.25, 0.3) is 5.57 Å². The Hall–Kier alpha value is -3.50. The summed E-state index contributed by atoms with van der Waals surface area (Å²) < 4.78 is 65.9. The first-order valence-electron chi connectivity index (χ1n) is 10.2. The molecule has 1 saturated heterocycles. The van der Waals surface area contributed by atoms with E-state index in [1.54, 1.807) is 4.90 Å². The Morgan fingerprint density at radius 1 is 1.18 bits per heavy atom. The van der Waals surface area contributed by atoms with E-state index in [-0.39, 0.29) is 42.2 Å².